The molecule has 26 heavy (non-hydrogen) atoms. The van der Waals surface area contributed by atoms with Crippen molar-refractivity contribution >= 4 is 5.97 Å². The molecule has 6 heteroatoms. The van der Waals surface area contributed by atoms with Gasteiger partial charge < -0.3 is 14.2 Å². The Balaban J connectivity index is 1.52. The third-order valence-electron chi connectivity index (χ3n) is 4.09. The van der Waals surface area contributed by atoms with Gasteiger partial charge in [-0.15, -0.1) is 0 Å². The van der Waals surface area contributed by atoms with E-state index >= 15 is 0 Å². The number of nitrogens with zero attached hydrogens (tertiary/aromatic N) is 1. The van der Waals surface area contributed by atoms with Gasteiger partial charge in [-0.25, -0.2) is 9.18 Å². The summed E-state index contributed by atoms with van der Waals surface area (Å²) in [5.74, 6) is -0.482. The highest BCUT2D eigenvalue weighted by atomic mass is 19.1. The molecule has 0 N–H and O–H groups in total. The molecule has 2 aromatic carbocycles. The molecule has 0 aromatic heterocycles. The van der Waals surface area contributed by atoms with E-state index in [9.17, 15) is 9.18 Å². The molecule has 0 bridgehead atoms. The van der Waals surface area contributed by atoms with Crippen LogP contribution in [0.3, 0.4) is 0 Å². The molecule has 134 valence electrons. The normalized spacial score (nSPS) is 16.1. The van der Waals surface area contributed by atoms with E-state index in [0.717, 1.165) is 25.5 Å². The number of carbonyl (C=O) groups is 1. The predicted molar refractivity (Wildman–Crippen MR) is 91.1 cm³/mol. The topological polar surface area (TPSA) is 68.5 Å². The number of halogens is 1. The number of nitriles is 1. The first kappa shape index (κ1) is 17.9. The molecule has 1 saturated heterocycles. The number of hydrogen-bond acceptors (Lipinski definition) is 5. The Kier molecular flexibility index (Phi) is 5.82. The Morgan fingerprint density at radius 1 is 1.27 bits per heavy atom. The second-order valence-corrected chi connectivity index (χ2v) is 5.96. The van der Waals surface area contributed by atoms with Gasteiger partial charge in [-0.05, 0) is 49.2 Å². The zero-order chi connectivity index (χ0) is 18.4. The van der Waals surface area contributed by atoms with Gasteiger partial charge in [0.1, 0.15) is 24.8 Å². The molecule has 2 aromatic rings. The standard InChI is InChI=1S/C20H18FNO4/c21-19-10-14(11-22)3-4-16(19)12-26-20(23)15-5-7-17(8-6-15)25-13-18-2-1-9-24-18/h3-8,10,18H,1-2,9,12-13H2. The van der Waals surface area contributed by atoms with Crippen molar-refractivity contribution in [2.75, 3.05) is 13.2 Å². The lowest BCUT2D eigenvalue weighted by Gasteiger charge is -2.11. The second-order valence-electron chi connectivity index (χ2n) is 5.96. The van der Waals surface area contributed by atoms with Crippen LogP contribution in [0.1, 0.15) is 34.3 Å². The van der Waals surface area contributed by atoms with Crippen molar-refractivity contribution in [1.29, 1.82) is 5.26 Å². The number of ether oxygens (including phenoxy) is 3. The predicted octanol–water partition coefficient (Wildman–Crippen LogP) is 3.61. The number of rotatable bonds is 6. The van der Waals surface area contributed by atoms with E-state index in [1.54, 1.807) is 24.3 Å². The Hall–Kier alpha value is -2.91. The Labute approximate surface area is 150 Å². The zero-order valence-electron chi connectivity index (χ0n) is 14.1. The molecule has 1 atom stereocenters. The Morgan fingerprint density at radius 3 is 2.73 bits per heavy atom. The second kappa shape index (κ2) is 8.45. The van der Waals surface area contributed by atoms with Crippen LogP contribution in [0.15, 0.2) is 42.5 Å². The molecule has 1 unspecified atom stereocenters. The molecule has 0 amide bonds. The molecule has 0 saturated carbocycles. The smallest absolute Gasteiger partial charge is 0.338 e. The van der Waals surface area contributed by atoms with Crippen LogP contribution in [0, 0.1) is 17.1 Å². The average molecular weight is 355 g/mol. The summed E-state index contributed by atoms with van der Waals surface area (Å²) in [6, 6.07) is 12.5. The quantitative estimate of drug-likeness (QED) is 0.741. The maximum absolute atomic E-state index is 13.8. The molecule has 1 heterocycles. The lowest BCUT2D eigenvalue weighted by atomic mass is 10.1. The van der Waals surface area contributed by atoms with Gasteiger partial charge >= 0.3 is 5.97 Å². The summed E-state index contributed by atoms with van der Waals surface area (Å²) in [6.45, 7) is 1.06. The van der Waals surface area contributed by atoms with Crippen LogP contribution in [0.5, 0.6) is 5.75 Å². The van der Waals surface area contributed by atoms with Crippen LogP contribution < -0.4 is 4.74 Å². The molecule has 0 spiro atoms. The van der Waals surface area contributed by atoms with Gasteiger partial charge in [-0.3, -0.25) is 0 Å². The fourth-order valence-corrected chi connectivity index (χ4v) is 2.61. The van der Waals surface area contributed by atoms with Crippen LogP contribution >= 0.6 is 0 Å². The lowest BCUT2D eigenvalue weighted by Crippen LogP contribution is -2.16. The van der Waals surface area contributed by atoms with E-state index in [1.807, 2.05) is 6.07 Å². The fourth-order valence-electron chi connectivity index (χ4n) is 2.61. The molecular weight excluding hydrogens is 337 g/mol. The first-order valence-corrected chi connectivity index (χ1v) is 8.36. The largest absolute Gasteiger partial charge is 0.491 e. The molecule has 1 aliphatic heterocycles. The number of hydrogen-bond donors (Lipinski definition) is 0. The highest BCUT2D eigenvalue weighted by Crippen LogP contribution is 2.18. The Morgan fingerprint density at radius 2 is 2.08 bits per heavy atom. The van der Waals surface area contributed by atoms with Crippen molar-refractivity contribution in [2.24, 2.45) is 0 Å². The first-order valence-electron chi connectivity index (χ1n) is 8.36. The molecule has 0 radical (unpaired) electrons. The highest BCUT2D eigenvalue weighted by molar-refractivity contribution is 5.89. The van der Waals surface area contributed by atoms with Crippen molar-refractivity contribution in [2.45, 2.75) is 25.6 Å². The highest BCUT2D eigenvalue weighted by Gasteiger charge is 2.16. The van der Waals surface area contributed by atoms with Gasteiger partial charge in [0.25, 0.3) is 0 Å². The van der Waals surface area contributed by atoms with Crippen LogP contribution in [0.25, 0.3) is 0 Å². The minimum absolute atomic E-state index is 0.127. The zero-order valence-corrected chi connectivity index (χ0v) is 14.1. The van der Waals surface area contributed by atoms with Gasteiger partial charge in [0.2, 0.25) is 0 Å². The third-order valence-corrected chi connectivity index (χ3v) is 4.09. The van der Waals surface area contributed by atoms with Crippen molar-refractivity contribution in [3.8, 4) is 11.8 Å². The van der Waals surface area contributed by atoms with E-state index in [-0.39, 0.29) is 23.8 Å². The Bertz CT molecular complexity index is 808. The van der Waals surface area contributed by atoms with E-state index in [0.29, 0.717) is 17.9 Å². The number of carbonyl (C=O) groups excluding carboxylic acids is 1. The minimum atomic E-state index is -0.574. The molecular formula is C20H18FNO4. The molecule has 3 rings (SSSR count). The van der Waals surface area contributed by atoms with E-state index in [1.165, 1.54) is 12.1 Å². The van der Waals surface area contributed by atoms with Gasteiger partial charge in [0.15, 0.2) is 0 Å². The maximum Gasteiger partial charge on any atom is 0.338 e. The summed E-state index contributed by atoms with van der Waals surface area (Å²) in [5.41, 5.74) is 0.786. The summed E-state index contributed by atoms with van der Waals surface area (Å²) in [4.78, 5) is 12.1. The van der Waals surface area contributed by atoms with Gasteiger partial charge in [-0.1, -0.05) is 6.07 Å². The summed E-state index contributed by atoms with van der Waals surface area (Å²) < 4.78 is 30.0. The molecule has 1 aliphatic rings. The first-order chi connectivity index (χ1) is 12.7. The number of benzene rings is 2. The SMILES string of the molecule is N#Cc1ccc(COC(=O)c2ccc(OCC3CCCO3)cc2)c(F)c1. The van der Waals surface area contributed by atoms with Crippen molar-refractivity contribution in [3.05, 3.63) is 65.0 Å². The van der Waals surface area contributed by atoms with Gasteiger partial charge in [0, 0.05) is 12.2 Å². The number of esters is 1. The van der Waals surface area contributed by atoms with Crippen molar-refractivity contribution in [1.82, 2.24) is 0 Å². The maximum atomic E-state index is 13.8. The summed E-state index contributed by atoms with van der Waals surface area (Å²) in [7, 11) is 0. The van der Waals surface area contributed by atoms with Crippen LogP contribution in [-0.2, 0) is 16.1 Å². The van der Waals surface area contributed by atoms with E-state index in [2.05, 4.69) is 0 Å². The third kappa shape index (κ3) is 4.58. The summed E-state index contributed by atoms with van der Waals surface area (Å²) in [6.07, 6.45) is 2.18. The van der Waals surface area contributed by atoms with Crippen molar-refractivity contribution in [3.63, 3.8) is 0 Å². The van der Waals surface area contributed by atoms with Crippen LogP contribution in [0.2, 0.25) is 0 Å². The summed E-state index contributed by atoms with van der Waals surface area (Å²) in [5, 5.41) is 8.72. The fraction of sp³-hybridized carbons (Fsp3) is 0.300. The van der Waals surface area contributed by atoms with Crippen LogP contribution in [0.4, 0.5) is 4.39 Å². The summed E-state index contributed by atoms with van der Waals surface area (Å²) >= 11 is 0. The lowest BCUT2D eigenvalue weighted by molar-refractivity contribution is 0.0468. The van der Waals surface area contributed by atoms with Crippen molar-refractivity contribution < 1.29 is 23.4 Å². The monoisotopic (exact) mass is 355 g/mol. The van der Waals surface area contributed by atoms with Gasteiger partial charge in [-0.2, -0.15) is 5.26 Å². The van der Waals surface area contributed by atoms with E-state index in [4.69, 9.17) is 19.5 Å². The average Bonchev–Trinajstić information content (AvgIpc) is 3.19. The molecule has 5 nitrogen and oxygen atoms in total. The van der Waals surface area contributed by atoms with E-state index < -0.39 is 11.8 Å². The molecule has 1 fully saturated rings. The minimum Gasteiger partial charge on any atom is -0.491 e. The molecule has 0 aliphatic carbocycles. The van der Waals surface area contributed by atoms with Crippen LogP contribution in [-0.4, -0.2) is 25.3 Å². The van der Waals surface area contributed by atoms with Gasteiger partial charge in [0.05, 0.1) is 23.3 Å².